The van der Waals surface area contributed by atoms with Gasteiger partial charge in [0.1, 0.15) is 13.2 Å². The number of carbonyl (C=O) groups excluding carboxylic acids is 1. The summed E-state index contributed by atoms with van der Waals surface area (Å²) >= 11 is 0. The number of hydrogen-bond donors (Lipinski definition) is 2. The fourth-order valence-corrected chi connectivity index (χ4v) is 3.17. The van der Waals surface area contributed by atoms with Crippen molar-refractivity contribution in [3.8, 4) is 17.4 Å². The molecule has 11 nitrogen and oxygen atoms in total. The Balaban J connectivity index is 0.000000554. The number of hydrogen-bond acceptors (Lipinski definition) is 10. The Morgan fingerprint density at radius 1 is 1.02 bits per heavy atom. The Morgan fingerprint density at radius 3 is 2.25 bits per heavy atom. The molecule has 11 heteroatoms. The molecule has 0 aliphatic rings. The smallest absolute Gasteiger partial charge is 0.240 e. The first-order chi connectivity index (χ1) is 19.5. The number of pyridine rings is 1. The SMILES string of the molecule is CC.CC(=O)c1ccc(COc2nn3c(-c4cc(CO)on4)nnc3c3ccccc23)nc1.CCC.CCCO. The molecule has 1 aromatic carbocycles. The zero-order valence-electron chi connectivity index (χ0n) is 24.0. The molecule has 0 bridgehead atoms. The second-order valence-electron chi connectivity index (χ2n) is 8.26. The summed E-state index contributed by atoms with van der Waals surface area (Å²) < 4.78 is 12.6. The Bertz CT molecular complexity index is 1460. The van der Waals surface area contributed by atoms with Crippen LogP contribution in [0, 0.1) is 0 Å². The molecule has 4 aromatic heterocycles. The summed E-state index contributed by atoms with van der Waals surface area (Å²) in [4.78, 5) is 15.7. The number of ether oxygens (including phenoxy) is 1. The quantitative estimate of drug-likeness (QED) is 0.251. The first-order valence-corrected chi connectivity index (χ1v) is 13.4. The van der Waals surface area contributed by atoms with Crippen molar-refractivity contribution in [3.63, 3.8) is 0 Å². The Labute approximate surface area is 233 Å². The molecule has 0 aliphatic heterocycles. The van der Waals surface area contributed by atoms with E-state index in [-0.39, 0.29) is 19.0 Å². The van der Waals surface area contributed by atoms with Gasteiger partial charge in [-0.15, -0.1) is 15.3 Å². The summed E-state index contributed by atoms with van der Waals surface area (Å²) in [6.45, 7) is 11.9. The highest BCUT2D eigenvalue weighted by Gasteiger charge is 2.19. The summed E-state index contributed by atoms with van der Waals surface area (Å²) in [5.41, 5.74) is 2.13. The van der Waals surface area contributed by atoms with Crippen LogP contribution in [0.25, 0.3) is 27.9 Å². The van der Waals surface area contributed by atoms with Gasteiger partial charge >= 0.3 is 0 Å². The van der Waals surface area contributed by atoms with Crippen LogP contribution in [-0.2, 0) is 13.2 Å². The van der Waals surface area contributed by atoms with Crippen LogP contribution in [0.5, 0.6) is 5.88 Å². The van der Waals surface area contributed by atoms with Gasteiger partial charge in [-0.2, -0.15) is 4.52 Å². The molecular weight excluding hydrogens is 512 g/mol. The fraction of sp³-hybridized carbons (Fsp3) is 0.379. The van der Waals surface area contributed by atoms with Gasteiger partial charge in [-0.05, 0) is 31.5 Å². The molecule has 4 heterocycles. The second-order valence-corrected chi connectivity index (χ2v) is 8.26. The molecular formula is C29H38N6O5. The molecule has 5 rings (SSSR count). The average molecular weight is 551 g/mol. The number of aromatic nitrogens is 6. The van der Waals surface area contributed by atoms with Crippen LogP contribution in [0.15, 0.2) is 53.2 Å². The van der Waals surface area contributed by atoms with Gasteiger partial charge in [-0.25, -0.2) is 0 Å². The van der Waals surface area contributed by atoms with E-state index >= 15 is 0 Å². The zero-order chi connectivity index (χ0) is 29.5. The third-order valence-corrected chi connectivity index (χ3v) is 4.99. The molecule has 0 aliphatic carbocycles. The summed E-state index contributed by atoms with van der Waals surface area (Å²) in [6.07, 6.45) is 3.65. The van der Waals surface area contributed by atoms with Gasteiger partial charge in [0, 0.05) is 35.2 Å². The number of aliphatic hydroxyl groups excluding tert-OH is 2. The van der Waals surface area contributed by atoms with E-state index in [1.165, 1.54) is 24.1 Å². The van der Waals surface area contributed by atoms with Crippen LogP contribution in [0.3, 0.4) is 0 Å². The minimum atomic E-state index is -0.274. The summed E-state index contributed by atoms with van der Waals surface area (Å²) in [5.74, 6) is 0.991. The molecule has 0 spiro atoms. The Kier molecular flexibility index (Phi) is 13.3. The van der Waals surface area contributed by atoms with Crippen molar-refractivity contribution in [2.24, 2.45) is 0 Å². The topological polar surface area (TPSA) is 149 Å². The van der Waals surface area contributed by atoms with Gasteiger partial charge in [0.15, 0.2) is 22.9 Å². The van der Waals surface area contributed by atoms with Crippen molar-refractivity contribution < 1.29 is 24.3 Å². The second kappa shape index (κ2) is 16.7. The highest BCUT2D eigenvalue weighted by atomic mass is 16.5. The number of carbonyl (C=O) groups is 1. The maximum absolute atomic E-state index is 11.4. The van der Waals surface area contributed by atoms with Crippen molar-refractivity contribution in [2.75, 3.05) is 6.61 Å². The molecule has 5 aromatic rings. The first-order valence-electron chi connectivity index (χ1n) is 13.4. The molecule has 0 atom stereocenters. The molecule has 0 saturated carbocycles. The molecule has 0 fully saturated rings. The van der Waals surface area contributed by atoms with Crippen molar-refractivity contribution in [1.29, 1.82) is 0 Å². The van der Waals surface area contributed by atoms with E-state index in [1.807, 2.05) is 45.0 Å². The lowest BCUT2D eigenvalue weighted by Crippen LogP contribution is -2.05. The first kappa shape index (κ1) is 32.0. The number of rotatable bonds is 7. The molecule has 0 radical (unpaired) electrons. The summed E-state index contributed by atoms with van der Waals surface area (Å²) in [6, 6.07) is 12.6. The molecule has 214 valence electrons. The van der Waals surface area contributed by atoms with Crippen molar-refractivity contribution in [3.05, 3.63) is 65.7 Å². The monoisotopic (exact) mass is 550 g/mol. The number of aliphatic hydroxyl groups is 2. The highest BCUT2D eigenvalue weighted by Crippen LogP contribution is 2.29. The van der Waals surface area contributed by atoms with Crippen LogP contribution in [0.2, 0.25) is 0 Å². The van der Waals surface area contributed by atoms with E-state index in [1.54, 1.807) is 18.2 Å². The highest BCUT2D eigenvalue weighted by molar-refractivity contribution is 5.97. The van der Waals surface area contributed by atoms with Crippen molar-refractivity contribution in [1.82, 2.24) is 30.0 Å². The average Bonchev–Trinajstić information content (AvgIpc) is 3.65. The number of benzene rings is 1. The largest absolute Gasteiger partial charge is 0.470 e. The molecule has 40 heavy (non-hydrogen) atoms. The lowest BCUT2D eigenvalue weighted by atomic mass is 10.2. The third-order valence-electron chi connectivity index (χ3n) is 4.99. The Hall–Kier alpha value is -4.22. The van der Waals surface area contributed by atoms with Gasteiger partial charge in [0.25, 0.3) is 0 Å². The predicted molar refractivity (Wildman–Crippen MR) is 153 cm³/mol. The van der Waals surface area contributed by atoms with Crippen LogP contribution in [0.4, 0.5) is 0 Å². The minimum Gasteiger partial charge on any atom is -0.470 e. The summed E-state index contributed by atoms with van der Waals surface area (Å²) in [7, 11) is 0. The van der Waals surface area contributed by atoms with Crippen LogP contribution < -0.4 is 4.74 Å². The van der Waals surface area contributed by atoms with Gasteiger partial charge in [-0.3, -0.25) is 9.78 Å². The van der Waals surface area contributed by atoms with Gasteiger partial charge in [0.2, 0.25) is 11.7 Å². The lowest BCUT2D eigenvalue weighted by Gasteiger charge is -2.09. The standard InChI is InChI=1S/C21H16N6O4.C3H8O.C3H8.C2H6/c1-12(29)13-6-7-14(22-9-13)11-30-21-17-5-3-2-4-16(17)19-23-24-20(27(19)25-21)18-8-15(10-28)31-26-18;1-2-3-4;1-3-2;1-2/h2-9,28H,10-11H2,1H3;4H,2-3H2,1H3;3H2,1-2H3;1-2H3. The van der Waals surface area contributed by atoms with Gasteiger partial charge in [-0.1, -0.05) is 64.4 Å². The fourth-order valence-electron chi connectivity index (χ4n) is 3.17. The van der Waals surface area contributed by atoms with Crippen LogP contribution in [0.1, 0.15) is 76.2 Å². The number of ketones is 1. The normalized spacial score (nSPS) is 10.1. The van der Waals surface area contributed by atoms with E-state index in [0.29, 0.717) is 46.7 Å². The predicted octanol–water partition coefficient (Wildman–Crippen LogP) is 5.43. The molecule has 2 N–H and O–H groups in total. The Morgan fingerprint density at radius 2 is 1.70 bits per heavy atom. The third kappa shape index (κ3) is 8.14. The summed E-state index contributed by atoms with van der Waals surface area (Å²) in [5, 5.41) is 35.6. The maximum Gasteiger partial charge on any atom is 0.240 e. The van der Waals surface area contributed by atoms with Crippen molar-refractivity contribution >= 4 is 22.2 Å². The maximum atomic E-state index is 11.4. The van der Waals surface area contributed by atoms with E-state index in [4.69, 9.17) is 14.4 Å². The number of nitrogens with zero attached hydrogens (tertiary/aromatic N) is 6. The van der Waals surface area contributed by atoms with E-state index < -0.39 is 0 Å². The van der Waals surface area contributed by atoms with Gasteiger partial charge in [0.05, 0.1) is 5.69 Å². The van der Waals surface area contributed by atoms with Gasteiger partial charge < -0.3 is 19.5 Å². The molecule has 0 unspecified atom stereocenters. The lowest BCUT2D eigenvalue weighted by molar-refractivity contribution is 0.101. The van der Waals surface area contributed by atoms with E-state index in [0.717, 1.165) is 17.2 Å². The van der Waals surface area contributed by atoms with Crippen molar-refractivity contribution in [2.45, 2.75) is 67.6 Å². The zero-order valence-corrected chi connectivity index (χ0v) is 24.0. The van der Waals surface area contributed by atoms with Crippen LogP contribution in [-0.4, -0.2) is 52.6 Å². The number of fused-ring (bicyclic) bond motifs is 3. The molecule has 0 amide bonds. The molecule has 0 saturated heterocycles. The number of Topliss-reactive ketones (excluding diaryl/α,β-unsaturated/α-hetero) is 1. The minimum absolute atomic E-state index is 0.0459. The van der Waals surface area contributed by atoms with E-state index in [9.17, 15) is 9.90 Å². The van der Waals surface area contributed by atoms with E-state index in [2.05, 4.69) is 39.3 Å². The van der Waals surface area contributed by atoms with Crippen LogP contribution >= 0.6 is 0 Å².